The number of nitrogens with zero attached hydrogens (tertiary/aromatic N) is 7. The zero-order valence-corrected chi connectivity index (χ0v) is 18.8. The number of rotatable bonds is 5. The van der Waals surface area contributed by atoms with Gasteiger partial charge >= 0.3 is 0 Å². The Morgan fingerprint density at radius 3 is 2.97 bits per heavy atom. The van der Waals surface area contributed by atoms with Crippen LogP contribution in [0.2, 0.25) is 0 Å². The third kappa shape index (κ3) is 3.98. The molecule has 2 amide bonds. The highest BCUT2D eigenvalue weighted by molar-refractivity contribution is 6.06. The Kier molecular flexibility index (Phi) is 5.55. The highest BCUT2D eigenvalue weighted by Gasteiger charge is 2.49. The molecule has 1 fully saturated rings. The molecule has 0 bridgehead atoms. The fraction of sp³-hybridized carbons (Fsp3) is 0.227. The van der Waals surface area contributed by atoms with Gasteiger partial charge in [0.15, 0.2) is 34.7 Å². The molecular weight excluding hydrogens is 470 g/mol. The minimum atomic E-state index is -2.22. The number of ether oxygens (including phenoxy) is 1. The normalized spacial score (nSPS) is 17.5. The molecule has 1 saturated heterocycles. The van der Waals surface area contributed by atoms with Crippen LogP contribution in [0.4, 0.5) is 17.3 Å². The maximum Gasteiger partial charge on any atom is 0.260 e. The summed E-state index contributed by atoms with van der Waals surface area (Å²) in [7, 11) is 0. The Morgan fingerprint density at radius 2 is 2.17 bits per heavy atom. The lowest BCUT2D eigenvalue weighted by atomic mass is 9.95. The fourth-order valence-electron chi connectivity index (χ4n) is 3.74. The van der Waals surface area contributed by atoms with Crippen LogP contribution >= 0.6 is 0 Å². The van der Waals surface area contributed by atoms with E-state index in [1.807, 2.05) is 6.07 Å². The Labute approximate surface area is 202 Å². The first-order chi connectivity index (χ1) is 17.3. The summed E-state index contributed by atoms with van der Waals surface area (Å²) in [5, 5.41) is 31.2. The van der Waals surface area contributed by atoms with Gasteiger partial charge in [-0.2, -0.15) is 10.2 Å². The summed E-state index contributed by atoms with van der Waals surface area (Å²) in [6.45, 7) is 1.41. The monoisotopic (exact) mass is 489 g/mol. The van der Waals surface area contributed by atoms with Gasteiger partial charge in [0.2, 0.25) is 5.82 Å². The Morgan fingerprint density at radius 1 is 1.33 bits per heavy atom. The lowest BCUT2D eigenvalue weighted by molar-refractivity contribution is -0.165. The lowest BCUT2D eigenvalue weighted by Gasteiger charge is -2.37. The quantitative estimate of drug-likeness (QED) is 0.350. The van der Waals surface area contributed by atoms with E-state index in [1.54, 1.807) is 30.5 Å². The molecule has 36 heavy (non-hydrogen) atoms. The maximum absolute atomic E-state index is 13.3. The molecule has 4 N–H and O–H groups in total. The van der Waals surface area contributed by atoms with Crippen LogP contribution in [-0.2, 0) is 14.3 Å². The van der Waals surface area contributed by atoms with Crippen LogP contribution in [0.1, 0.15) is 12.7 Å². The first kappa shape index (κ1) is 22.9. The molecule has 2 unspecified atom stereocenters. The predicted molar refractivity (Wildman–Crippen MR) is 124 cm³/mol. The number of morpholine rings is 1. The van der Waals surface area contributed by atoms with Crippen molar-refractivity contribution in [2.24, 2.45) is 0 Å². The van der Waals surface area contributed by atoms with E-state index in [-0.39, 0.29) is 30.6 Å². The molecule has 0 saturated carbocycles. The molecule has 14 nitrogen and oxygen atoms in total. The van der Waals surface area contributed by atoms with Crippen molar-refractivity contribution in [2.45, 2.75) is 18.6 Å². The molecule has 0 radical (unpaired) electrons. The van der Waals surface area contributed by atoms with Crippen LogP contribution in [-0.4, -0.2) is 66.7 Å². The third-order valence-corrected chi connectivity index (χ3v) is 5.64. The van der Waals surface area contributed by atoms with Crippen molar-refractivity contribution in [1.82, 2.24) is 24.9 Å². The molecule has 1 aliphatic heterocycles. The summed E-state index contributed by atoms with van der Waals surface area (Å²) in [6, 6.07) is 9.66. The molecule has 2 atom stereocenters. The van der Waals surface area contributed by atoms with Gasteiger partial charge in [-0.15, -0.1) is 5.10 Å². The molecule has 4 aromatic rings. The Balaban J connectivity index is 1.34. The van der Waals surface area contributed by atoms with E-state index >= 15 is 0 Å². The lowest BCUT2D eigenvalue weighted by Crippen LogP contribution is -2.61. The molecule has 5 rings (SSSR count). The first-order valence-corrected chi connectivity index (χ1v) is 10.7. The van der Waals surface area contributed by atoms with Crippen LogP contribution in [0, 0.1) is 11.3 Å². The highest BCUT2D eigenvalue weighted by atomic mass is 16.5. The van der Waals surface area contributed by atoms with Crippen molar-refractivity contribution < 1.29 is 24.0 Å². The zero-order chi connectivity index (χ0) is 25.4. The molecule has 182 valence electrons. The highest BCUT2D eigenvalue weighted by Crippen LogP contribution is 2.27. The summed E-state index contributed by atoms with van der Waals surface area (Å²) >= 11 is 0. The zero-order valence-electron chi connectivity index (χ0n) is 18.8. The van der Waals surface area contributed by atoms with Crippen molar-refractivity contribution in [1.29, 1.82) is 5.26 Å². The number of benzene rings is 1. The Hall–Kier alpha value is -4.87. The summed E-state index contributed by atoms with van der Waals surface area (Å²) in [4.78, 5) is 35.4. The summed E-state index contributed by atoms with van der Waals surface area (Å²) in [5.74, 6) is -0.726. The van der Waals surface area contributed by atoms with Crippen LogP contribution in [0.5, 0.6) is 0 Å². The van der Waals surface area contributed by atoms with Gasteiger partial charge in [-0.3, -0.25) is 14.5 Å². The van der Waals surface area contributed by atoms with Crippen molar-refractivity contribution in [3.63, 3.8) is 0 Å². The van der Waals surface area contributed by atoms with E-state index in [4.69, 9.17) is 20.3 Å². The molecule has 0 aliphatic carbocycles. The number of nitrogens with two attached hydrogens (primary N) is 1. The smallest absolute Gasteiger partial charge is 0.260 e. The number of hydrogen-bond donors (Lipinski definition) is 3. The van der Waals surface area contributed by atoms with Gasteiger partial charge in [-0.1, -0.05) is 5.16 Å². The molecule has 1 aromatic carbocycles. The minimum absolute atomic E-state index is 0.0277. The van der Waals surface area contributed by atoms with Crippen LogP contribution in [0.3, 0.4) is 0 Å². The maximum atomic E-state index is 13.3. The third-order valence-electron chi connectivity index (χ3n) is 5.64. The molecule has 14 heteroatoms. The van der Waals surface area contributed by atoms with Crippen molar-refractivity contribution in [3.8, 4) is 11.9 Å². The van der Waals surface area contributed by atoms with Crippen molar-refractivity contribution in [2.75, 3.05) is 29.1 Å². The number of carbonyl (C=O) groups is 2. The summed E-state index contributed by atoms with van der Waals surface area (Å²) in [6.07, 6.45) is 1.49. The van der Waals surface area contributed by atoms with Crippen molar-refractivity contribution in [3.05, 3.63) is 48.5 Å². The van der Waals surface area contributed by atoms with Gasteiger partial charge in [0.1, 0.15) is 6.07 Å². The average Bonchev–Trinajstić information content (AvgIpc) is 3.51. The summed E-state index contributed by atoms with van der Waals surface area (Å²) in [5.41, 5.74) is 4.14. The van der Waals surface area contributed by atoms with E-state index < -0.39 is 23.5 Å². The van der Waals surface area contributed by atoms with E-state index in [0.29, 0.717) is 22.5 Å². The summed E-state index contributed by atoms with van der Waals surface area (Å²) < 4.78 is 12.0. The molecular formula is C22H19N9O5. The number of hydrogen-bond acceptors (Lipinski definition) is 11. The largest absolute Gasteiger partial charge is 0.380 e. The Bertz CT molecular complexity index is 1520. The first-order valence-electron chi connectivity index (χ1n) is 10.7. The number of anilines is 3. The predicted octanol–water partition coefficient (Wildman–Crippen LogP) is 0.379. The fourth-order valence-corrected chi connectivity index (χ4v) is 3.74. The van der Waals surface area contributed by atoms with E-state index in [9.17, 15) is 14.7 Å². The van der Waals surface area contributed by atoms with Crippen LogP contribution in [0.15, 0.2) is 47.2 Å². The average molecular weight is 489 g/mol. The van der Waals surface area contributed by atoms with E-state index in [2.05, 4.69) is 25.5 Å². The number of aliphatic hydroxyl groups is 1. The number of fused-ring (bicyclic) bond motifs is 1. The number of nitriles is 1. The minimum Gasteiger partial charge on any atom is -0.380 e. The SMILES string of the molecule is CC(O)(C(=O)Nc1ccc2c(N)noc2c1)C1OCCN(c2ccn(-c3ccnc(C#N)n3)n2)C1=O. The number of amides is 2. The molecule has 4 heterocycles. The molecule has 0 spiro atoms. The topological polar surface area (TPSA) is 198 Å². The van der Waals surface area contributed by atoms with Gasteiger partial charge < -0.3 is 25.4 Å². The van der Waals surface area contributed by atoms with Gasteiger partial charge in [0, 0.05) is 36.3 Å². The number of nitrogens with one attached hydrogen (secondary N) is 1. The number of carbonyl (C=O) groups excluding carboxylic acids is 2. The van der Waals surface area contributed by atoms with E-state index in [1.165, 1.54) is 28.8 Å². The standard InChI is InChI=1S/C22H19N9O5/c1-22(34,21(33)26-12-2-3-13-14(10-12)36-29-19(13)24)18-20(32)30(8-9-35-18)17-5-7-31(28-17)16-4-6-25-15(11-23)27-16/h2-7,10,18,34H,8-9H2,1H3,(H2,24,29)(H,26,33). The van der Waals surface area contributed by atoms with Gasteiger partial charge in [0.25, 0.3) is 11.8 Å². The van der Waals surface area contributed by atoms with Crippen molar-refractivity contribution >= 4 is 40.1 Å². The second-order valence-electron chi connectivity index (χ2n) is 8.09. The van der Waals surface area contributed by atoms with Crippen LogP contribution in [0.25, 0.3) is 16.8 Å². The van der Waals surface area contributed by atoms with Gasteiger partial charge in [-0.05, 0) is 19.1 Å². The van der Waals surface area contributed by atoms with Crippen LogP contribution < -0.4 is 16.0 Å². The van der Waals surface area contributed by atoms with E-state index in [0.717, 1.165) is 0 Å². The van der Waals surface area contributed by atoms with Gasteiger partial charge in [-0.25, -0.2) is 9.67 Å². The number of nitrogen functional groups attached to an aromatic ring is 1. The number of aromatic nitrogens is 5. The molecule has 3 aromatic heterocycles. The van der Waals surface area contributed by atoms with Gasteiger partial charge in [0.05, 0.1) is 18.5 Å². The second-order valence-corrected chi connectivity index (χ2v) is 8.09. The second kappa shape index (κ2) is 8.73. The molecule has 1 aliphatic rings.